The fourth-order valence-electron chi connectivity index (χ4n) is 2.65. The molecule has 0 aliphatic heterocycles. The molecule has 2 rings (SSSR count). The maximum atomic E-state index is 12.2. The number of carbonyl (C=O) groups is 1. The molecule has 1 aromatic rings. The highest BCUT2D eigenvalue weighted by molar-refractivity contribution is 7.89. The molecule has 110 valence electrons. The molecule has 0 heterocycles. The lowest BCUT2D eigenvalue weighted by Crippen LogP contribution is -2.38. The Hall–Kier alpha value is -1.40. The van der Waals surface area contributed by atoms with Gasteiger partial charge in [-0.1, -0.05) is 25.8 Å². The summed E-state index contributed by atoms with van der Waals surface area (Å²) in [6.45, 7) is 2.18. The van der Waals surface area contributed by atoms with Crippen molar-refractivity contribution in [2.45, 2.75) is 43.5 Å². The molecule has 1 saturated carbocycles. The van der Waals surface area contributed by atoms with Gasteiger partial charge in [0.25, 0.3) is 5.91 Å². The molecule has 2 atom stereocenters. The molecule has 3 N–H and O–H groups in total. The van der Waals surface area contributed by atoms with Gasteiger partial charge in [0.1, 0.15) is 0 Å². The number of amides is 1. The van der Waals surface area contributed by atoms with Crippen LogP contribution in [0.2, 0.25) is 0 Å². The lowest BCUT2D eigenvalue weighted by Gasteiger charge is -2.27. The molecule has 20 heavy (non-hydrogen) atoms. The number of benzene rings is 1. The zero-order chi connectivity index (χ0) is 14.8. The Morgan fingerprint density at radius 2 is 2.10 bits per heavy atom. The van der Waals surface area contributed by atoms with Gasteiger partial charge >= 0.3 is 0 Å². The topological polar surface area (TPSA) is 89.3 Å². The summed E-state index contributed by atoms with van der Waals surface area (Å²) in [5.41, 5.74) is 0.328. The van der Waals surface area contributed by atoms with Crippen LogP contribution in [0, 0.1) is 5.92 Å². The van der Waals surface area contributed by atoms with Crippen molar-refractivity contribution in [2.24, 2.45) is 11.1 Å². The van der Waals surface area contributed by atoms with Gasteiger partial charge in [-0.3, -0.25) is 4.79 Å². The molecule has 1 aliphatic carbocycles. The minimum Gasteiger partial charge on any atom is -0.349 e. The largest absolute Gasteiger partial charge is 0.349 e. The van der Waals surface area contributed by atoms with Crippen LogP contribution in [0.4, 0.5) is 0 Å². The summed E-state index contributed by atoms with van der Waals surface area (Å²) >= 11 is 0. The van der Waals surface area contributed by atoms with E-state index in [9.17, 15) is 13.2 Å². The first-order valence-corrected chi connectivity index (χ1v) is 8.34. The first-order chi connectivity index (χ1) is 9.36. The first-order valence-electron chi connectivity index (χ1n) is 6.80. The lowest BCUT2D eigenvalue weighted by atomic mass is 9.87. The molecular formula is C14H20N2O3S. The predicted molar refractivity (Wildman–Crippen MR) is 76.7 cm³/mol. The van der Waals surface area contributed by atoms with E-state index in [0.29, 0.717) is 11.5 Å². The van der Waals surface area contributed by atoms with Crippen LogP contribution in [0.1, 0.15) is 43.0 Å². The van der Waals surface area contributed by atoms with Gasteiger partial charge < -0.3 is 5.32 Å². The number of carbonyl (C=O) groups excluding carboxylic acids is 1. The van der Waals surface area contributed by atoms with Crippen molar-refractivity contribution in [3.8, 4) is 0 Å². The van der Waals surface area contributed by atoms with Gasteiger partial charge in [0, 0.05) is 11.6 Å². The summed E-state index contributed by atoms with van der Waals surface area (Å²) in [5.74, 6) is 0.374. The molecule has 0 spiro atoms. The number of hydrogen-bond acceptors (Lipinski definition) is 3. The normalized spacial score (nSPS) is 23.3. The molecule has 6 heteroatoms. The number of nitrogens with two attached hydrogens (primary N) is 1. The van der Waals surface area contributed by atoms with E-state index in [2.05, 4.69) is 12.2 Å². The molecule has 1 aromatic carbocycles. The maximum Gasteiger partial charge on any atom is 0.251 e. The minimum absolute atomic E-state index is 0.0397. The molecule has 5 nitrogen and oxygen atoms in total. The lowest BCUT2D eigenvalue weighted by molar-refractivity contribution is 0.0921. The van der Waals surface area contributed by atoms with Gasteiger partial charge in [-0.25, -0.2) is 13.6 Å². The van der Waals surface area contributed by atoms with Gasteiger partial charge in [-0.05, 0) is 37.0 Å². The van der Waals surface area contributed by atoms with E-state index in [0.717, 1.165) is 19.3 Å². The summed E-state index contributed by atoms with van der Waals surface area (Å²) in [4.78, 5) is 12.1. The third kappa shape index (κ3) is 3.80. The Kier molecular flexibility index (Phi) is 4.45. The van der Waals surface area contributed by atoms with Crippen molar-refractivity contribution in [3.05, 3.63) is 29.8 Å². The van der Waals surface area contributed by atoms with Gasteiger partial charge in [-0.15, -0.1) is 0 Å². The Labute approximate surface area is 119 Å². The quantitative estimate of drug-likeness (QED) is 0.888. The molecule has 1 amide bonds. The van der Waals surface area contributed by atoms with E-state index in [1.165, 1.54) is 24.6 Å². The van der Waals surface area contributed by atoms with Gasteiger partial charge in [0.2, 0.25) is 10.0 Å². The van der Waals surface area contributed by atoms with Gasteiger partial charge in [-0.2, -0.15) is 0 Å². The zero-order valence-corrected chi connectivity index (χ0v) is 12.3. The smallest absolute Gasteiger partial charge is 0.251 e. The third-order valence-corrected chi connectivity index (χ3v) is 4.61. The van der Waals surface area contributed by atoms with Crippen LogP contribution in [0.25, 0.3) is 0 Å². The van der Waals surface area contributed by atoms with Crippen LogP contribution in [0.5, 0.6) is 0 Å². The van der Waals surface area contributed by atoms with Crippen molar-refractivity contribution < 1.29 is 13.2 Å². The highest BCUT2D eigenvalue weighted by atomic mass is 32.2. The number of rotatable bonds is 3. The van der Waals surface area contributed by atoms with Gasteiger partial charge in [0.05, 0.1) is 4.90 Å². The Morgan fingerprint density at radius 3 is 2.75 bits per heavy atom. The predicted octanol–water partition coefficient (Wildman–Crippen LogP) is 1.64. The van der Waals surface area contributed by atoms with Crippen molar-refractivity contribution in [2.75, 3.05) is 0 Å². The average molecular weight is 296 g/mol. The van der Waals surface area contributed by atoms with E-state index >= 15 is 0 Å². The molecule has 1 fully saturated rings. The summed E-state index contributed by atoms with van der Waals surface area (Å²) in [7, 11) is -3.78. The number of nitrogens with one attached hydrogen (secondary N) is 1. The van der Waals surface area contributed by atoms with Crippen LogP contribution in [-0.4, -0.2) is 20.4 Å². The Bertz CT molecular complexity index is 598. The van der Waals surface area contributed by atoms with E-state index in [1.807, 2.05) is 0 Å². The summed E-state index contributed by atoms with van der Waals surface area (Å²) in [6, 6.07) is 5.99. The van der Waals surface area contributed by atoms with Crippen LogP contribution in [0.15, 0.2) is 29.2 Å². The summed E-state index contributed by atoms with van der Waals surface area (Å²) in [6.07, 6.45) is 4.27. The second-order valence-electron chi connectivity index (χ2n) is 5.52. The molecule has 0 bridgehead atoms. The average Bonchev–Trinajstić information content (AvgIpc) is 2.38. The monoisotopic (exact) mass is 296 g/mol. The fraction of sp³-hybridized carbons (Fsp3) is 0.500. The van der Waals surface area contributed by atoms with Crippen molar-refractivity contribution in [1.29, 1.82) is 0 Å². The first kappa shape index (κ1) is 15.0. The molecule has 1 aliphatic rings. The number of hydrogen-bond donors (Lipinski definition) is 2. The molecule has 0 saturated heterocycles. The Balaban J connectivity index is 2.09. The second-order valence-corrected chi connectivity index (χ2v) is 7.08. The standard InChI is InChI=1S/C14H20N2O3S/c1-10-4-2-6-12(8-10)16-14(17)11-5-3-7-13(9-11)20(15,18)19/h3,5,7,9-10,12H,2,4,6,8H2,1H3,(H,16,17)(H2,15,18,19). The van der Waals surface area contributed by atoms with Crippen molar-refractivity contribution >= 4 is 15.9 Å². The van der Waals surface area contributed by atoms with Crippen LogP contribution >= 0.6 is 0 Å². The summed E-state index contributed by atoms with van der Waals surface area (Å²) < 4.78 is 22.6. The van der Waals surface area contributed by atoms with Crippen LogP contribution in [0.3, 0.4) is 0 Å². The van der Waals surface area contributed by atoms with Gasteiger partial charge in [0.15, 0.2) is 0 Å². The van der Waals surface area contributed by atoms with E-state index in [-0.39, 0.29) is 16.8 Å². The van der Waals surface area contributed by atoms with E-state index in [1.54, 1.807) is 6.07 Å². The Morgan fingerprint density at radius 1 is 1.35 bits per heavy atom. The molecule has 2 unspecified atom stereocenters. The molecule has 0 radical (unpaired) electrons. The number of primary sulfonamides is 1. The van der Waals surface area contributed by atoms with Crippen molar-refractivity contribution in [1.82, 2.24) is 5.32 Å². The fourth-order valence-corrected chi connectivity index (χ4v) is 3.21. The minimum atomic E-state index is -3.78. The van der Waals surface area contributed by atoms with E-state index in [4.69, 9.17) is 5.14 Å². The number of sulfonamides is 1. The molecule has 0 aromatic heterocycles. The van der Waals surface area contributed by atoms with Crippen molar-refractivity contribution in [3.63, 3.8) is 0 Å². The zero-order valence-electron chi connectivity index (χ0n) is 11.5. The van der Waals surface area contributed by atoms with E-state index < -0.39 is 10.0 Å². The summed E-state index contributed by atoms with van der Waals surface area (Å²) in [5, 5.41) is 8.04. The second kappa shape index (κ2) is 5.93. The maximum absolute atomic E-state index is 12.2. The van der Waals surface area contributed by atoms with Crippen LogP contribution in [-0.2, 0) is 10.0 Å². The van der Waals surface area contributed by atoms with Crippen LogP contribution < -0.4 is 10.5 Å². The molecular weight excluding hydrogens is 276 g/mol. The highest BCUT2D eigenvalue weighted by Crippen LogP contribution is 2.23. The SMILES string of the molecule is CC1CCCC(NC(=O)c2cccc(S(N)(=O)=O)c2)C1. The third-order valence-electron chi connectivity index (χ3n) is 3.70. The highest BCUT2D eigenvalue weighted by Gasteiger charge is 2.21.